The molecule has 0 fully saturated rings. The van der Waals surface area contributed by atoms with E-state index in [1.54, 1.807) is 7.11 Å². The Hall–Kier alpha value is -1.61. The quantitative estimate of drug-likeness (QED) is 0.899. The fourth-order valence-corrected chi connectivity index (χ4v) is 2.27. The van der Waals surface area contributed by atoms with E-state index in [-0.39, 0.29) is 0 Å². The Labute approximate surface area is 108 Å². The summed E-state index contributed by atoms with van der Waals surface area (Å²) in [5, 5.41) is 1.05. The Morgan fingerprint density at radius 3 is 2.78 bits per heavy atom. The van der Waals surface area contributed by atoms with Crippen molar-refractivity contribution in [3.8, 4) is 0 Å². The van der Waals surface area contributed by atoms with E-state index in [0.717, 1.165) is 40.7 Å². The molecule has 0 aliphatic rings. The summed E-state index contributed by atoms with van der Waals surface area (Å²) in [6.45, 7) is 4.86. The first kappa shape index (κ1) is 12.8. The summed E-state index contributed by atoms with van der Waals surface area (Å²) in [5.41, 5.74) is 11.5. The Kier molecular flexibility index (Phi) is 3.82. The predicted octanol–water partition coefficient (Wildman–Crippen LogP) is 2.88. The number of aryl methyl sites for hydroxylation is 1. The fourth-order valence-electron chi connectivity index (χ4n) is 2.27. The first-order valence-electron chi connectivity index (χ1n) is 6.34. The normalized spacial score (nSPS) is 11.1. The molecule has 3 heteroatoms. The number of nitrogen functional groups attached to an aromatic ring is 1. The van der Waals surface area contributed by atoms with Gasteiger partial charge in [-0.3, -0.25) is 4.98 Å². The molecular formula is C15H20N2O. The highest BCUT2D eigenvalue weighted by atomic mass is 16.5. The van der Waals surface area contributed by atoms with Crippen LogP contribution in [0.3, 0.4) is 0 Å². The van der Waals surface area contributed by atoms with Gasteiger partial charge in [0.05, 0.1) is 12.1 Å². The van der Waals surface area contributed by atoms with Crippen LogP contribution in [0.15, 0.2) is 18.2 Å². The van der Waals surface area contributed by atoms with Crippen LogP contribution in [0.4, 0.5) is 5.69 Å². The number of para-hydroxylation sites is 1. The zero-order valence-electron chi connectivity index (χ0n) is 11.3. The zero-order chi connectivity index (χ0) is 13.1. The van der Waals surface area contributed by atoms with Crippen molar-refractivity contribution < 1.29 is 4.74 Å². The average molecular weight is 244 g/mol. The number of aromatic nitrogens is 1. The van der Waals surface area contributed by atoms with Crippen LogP contribution in [0.1, 0.15) is 23.7 Å². The van der Waals surface area contributed by atoms with Crippen LogP contribution in [0.25, 0.3) is 10.9 Å². The third kappa shape index (κ3) is 2.18. The van der Waals surface area contributed by atoms with Crippen LogP contribution < -0.4 is 5.73 Å². The molecule has 2 aromatic rings. The lowest BCUT2D eigenvalue weighted by atomic mass is 10.0. The molecule has 0 amide bonds. The van der Waals surface area contributed by atoms with E-state index >= 15 is 0 Å². The molecule has 0 atom stereocenters. The highest BCUT2D eigenvalue weighted by molar-refractivity contribution is 5.94. The van der Waals surface area contributed by atoms with Crippen molar-refractivity contribution in [3.63, 3.8) is 0 Å². The van der Waals surface area contributed by atoms with E-state index in [1.807, 2.05) is 19.1 Å². The van der Waals surface area contributed by atoms with Gasteiger partial charge in [-0.25, -0.2) is 0 Å². The third-order valence-electron chi connectivity index (χ3n) is 3.40. The van der Waals surface area contributed by atoms with E-state index in [4.69, 9.17) is 15.5 Å². The maximum absolute atomic E-state index is 6.22. The average Bonchev–Trinajstić information content (AvgIpc) is 2.40. The molecule has 1 aromatic heterocycles. The van der Waals surface area contributed by atoms with Gasteiger partial charge >= 0.3 is 0 Å². The Bertz CT molecular complexity index is 564. The van der Waals surface area contributed by atoms with Crippen LogP contribution in [0, 0.1) is 6.92 Å². The van der Waals surface area contributed by atoms with E-state index in [1.165, 1.54) is 5.56 Å². The number of hydrogen-bond acceptors (Lipinski definition) is 3. The Balaban J connectivity index is 2.64. The maximum atomic E-state index is 6.22. The molecule has 0 aliphatic carbocycles. The molecule has 3 nitrogen and oxygen atoms in total. The molecule has 0 spiro atoms. The van der Waals surface area contributed by atoms with E-state index in [9.17, 15) is 0 Å². The molecule has 0 saturated carbocycles. The molecule has 18 heavy (non-hydrogen) atoms. The number of anilines is 1. The second-order valence-electron chi connectivity index (χ2n) is 4.51. The smallest absolute Gasteiger partial charge is 0.0759 e. The maximum Gasteiger partial charge on any atom is 0.0759 e. The van der Waals surface area contributed by atoms with Gasteiger partial charge < -0.3 is 10.5 Å². The highest BCUT2D eigenvalue weighted by Gasteiger charge is 2.10. The van der Waals surface area contributed by atoms with Crippen LogP contribution in [0.5, 0.6) is 0 Å². The number of nitrogens with zero attached hydrogens (tertiary/aromatic N) is 1. The van der Waals surface area contributed by atoms with Crippen molar-refractivity contribution in [3.05, 3.63) is 35.0 Å². The first-order chi connectivity index (χ1) is 8.69. The number of hydrogen-bond donors (Lipinski definition) is 1. The fraction of sp³-hybridized carbons (Fsp3) is 0.400. The molecule has 1 aromatic carbocycles. The lowest BCUT2D eigenvalue weighted by Gasteiger charge is -2.12. The molecule has 0 unspecified atom stereocenters. The number of benzene rings is 1. The predicted molar refractivity (Wildman–Crippen MR) is 75.9 cm³/mol. The number of methoxy groups -OCH3 is 1. The molecule has 0 aliphatic heterocycles. The minimum absolute atomic E-state index is 0.704. The largest absolute Gasteiger partial charge is 0.398 e. The summed E-state index contributed by atoms with van der Waals surface area (Å²) >= 11 is 0. The SMILES string of the molecule is CCc1nc2c(CCOC)cccc2c(N)c1C. The van der Waals surface area contributed by atoms with Gasteiger partial charge in [-0.2, -0.15) is 0 Å². The van der Waals surface area contributed by atoms with Crippen molar-refractivity contribution >= 4 is 16.6 Å². The van der Waals surface area contributed by atoms with Gasteiger partial charge in [-0.15, -0.1) is 0 Å². The molecule has 1 heterocycles. The molecule has 2 rings (SSSR count). The van der Waals surface area contributed by atoms with Gasteiger partial charge in [-0.1, -0.05) is 25.1 Å². The van der Waals surface area contributed by atoms with Gasteiger partial charge in [0.2, 0.25) is 0 Å². The van der Waals surface area contributed by atoms with Gasteiger partial charge in [0, 0.05) is 23.9 Å². The Morgan fingerprint density at radius 2 is 2.11 bits per heavy atom. The molecule has 0 radical (unpaired) electrons. The van der Waals surface area contributed by atoms with Crippen molar-refractivity contribution in [2.75, 3.05) is 19.5 Å². The van der Waals surface area contributed by atoms with Crippen LogP contribution in [-0.4, -0.2) is 18.7 Å². The highest BCUT2D eigenvalue weighted by Crippen LogP contribution is 2.27. The van der Waals surface area contributed by atoms with Gasteiger partial charge in [0.15, 0.2) is 0 Å². The monoisotopic (exact) mass is 244 g/mol. The molecule has 2 N–H and O–H groups in total. The van der Waals surface area contributed by atoms with Crippen molar-refractivity contribution in [1.29, 1.82) is 0 Å². The minimum atomic E-state index is 0.704. The van der Waals surface area contributed by atoms with Crippen molar-refractivity contribution in [2.45, 2.75) is 26.7 Å². The Morgan fingerprint density at radius 1 is 1.33 bits per heavy atom. The van der Waals surface area contributed by atoms with E-state index < -0.39 is 0 Å². The minimum Gasteiger partial charge on any atom is -0.398 e. The van der Waals surface area contributed by atoms with Gasteiger partial charge in [-0.05, 0) is 30.9 Å². The molecule has 96 valence electrons. The first-order valence-corrected chi connectivity index (χ1v) is 6.34. The van der Waals surface area contributed by atoms with Crippen molar-refractivity contribution in [2.24, 2.45) is 0 Å². The van der Waals surface area contributed by atoms with Gasteiger partial charge in [0.25, 0.3) is 0 Å². The molecule has 0 saturated heterocycles. The van der Waals surface area contributed by atoms with E-state index in [2.05, 4.69) is 13.0 Å². The molecular weight excluding hydrogens is 224 g/mol. The number of pyridine rings is 1. The second kappa shape index (κ2) is 5.36. The van der Waals surface area contributed by atoms with Crippen LogP contribution >= 0.6 is 0 Å². The lowest BCUT2D eigenvalue weighted by molar-refractivity contribution is 0.202. The van der Waals surface area contributed by atoms with Crippen LogP contribution in [-0.2, 0) is 17.6 Å². The zero-order valence-corrected chi connectivity index (χ0v) is 11.3. The molecule has 0 bridgehead atoms. The number of nitrogens with two attached hydrogens (primary N) is 1. The summed E-state index contributed by atoms with van der Waals surface area (Å²) in [6, 6.07) is 6.18. The summed E-state index contributed by atoms with van der Waals surface area (Å²) in [6.07, 6.45) is 1.77. The lowest BCUT2D eigenvalue weighted by Crippen LogP contribution is -2.03. The summed E-state index contributed by atoms with van der Waals surface area (Å²) < 4.78 is 5.15. The summed E-state index contributed by atoms with van der Waals surface area (Å²) in [7, 11) is 1.72. The summed E-state index contributed by atoms with van der Waals surface area (Å²) in [5.74, 6) is 0. The standard InChI is InChI=1S/C15H20N2O/c1-4-13-10(2)14(16)12-7-5-6-11(8-9-18-3)15(12)17-13/h5-7H,4,8-9H2,1-3H3,(H2,16,17). The van der Waals surface area contributed by atoms with E-state index in [0.29, 0.717) is 6.61 Å². The van der Waals surface area contributed by atoms with Crippen LogP contribution in [0.2, 0.25) is 0 Å². The third-order valence-corrected chi connectivity index (χ3v) is 3.40. The van der Waals surface area contributed by atoms with Crippen molar-refractivity contribution in [1.82, 2.24) is 4.98 Å². The number of rotatable bonds is 4. The summed E-state index contributed by atoms with van der Waals surface area (Å²) in [4.78, 5) is 4.77. The number of ether oxygens (including phenoxy) is 1. The topological polar surface area (TPSA) is 48.1 Å². The van der Waals surface area contributed by atoms with Gasteiger partial charge in [0.1, 0.15) is 0 Å². The second-order valence-corrected chi connectivity index (χ2v) is 4.51. The number of fused-ring (bicyclic) bond motifs is 1.